The molecule has 26 heavy (non-hydrogen) atoms. The summed E-state index contributed by atoms with van der Waals surface area (Å²) in [6.07, 6.45) is 16.3. The van der Waals surface area contributed by atoms with Crippen LogP contribution in [0.1, 0.15) is 75.7 Å². The van der Waals surface area contributed by atoms with Gasteiger partial charge in [0, 0.05) is 13.2 Å². The Morgan fingerprint density at radius 3 is 1.27 bits per heavy atom. The van der Waals surface area contributed by atoms with Crippen LogP contribution in [-0.2, 0) is 22.7 Å². The maximum Gasteiger partial charge on any atom is 0.129 e. The Labute approximate surface area is 157 Å². The van der Waals surface area contributed by atoms with Gasteiger partial charge in [-0.3, -0.25) is 0 Å². The average Bonchev–Trinajstić information content (AvgIpc) is 3.35. The van der Waals surface area contributed by atoms with Crippen molar-refractivity contribution in [3.05, 3.63) is 48.3 Å². The van der Waals surface area contributed by atoms with Crippen LogP contribution in [0.2, 0.25) is 0 Å². The summed E-state index contributed by atoms with van der Waals surface area (Å²) >= 11 is 0. The number of unbranched alkanes of at least 4 members (excludes halogenated alkanes) is 9. The van der Waals surface area contributed by atoms with Crippen molar-refractivity contribution in [2.24, 2.45) is 0 Å². The summed E-state index contributed by atoms with van der Waals surface area (Å²) in [5.41, 5.74) is 0. The smallest absolute Gasteiger partial charge is 0.129 e. The van der Waals surface area contributed by atoms with Crippen molar-refractivity contribution >= 4 is 0 Å². The fourth-order valence-electron chi connectivity index (χ4n) is 2.96. The van der Waals surface area contributed by atoms with Crippen LogP contribution in [0.3, 0.4) is 0 Å². The maximum atomic E-state index is 5.59. The lowest BCUT2D eigenvalue weighted by Crippen LogP contribution is -1.95. The Morgan fingerprint density at radius 1 is 0.538 bits per heavy atom. The van der Waals surface area contributed by atoms with Crippen LogP contribution < -0.4 is 0 Å². The molecule has 0 unspecified atom stereocenters. The van der Waals surface area contributed by atoms with E-state index in [-0.39, 0.29) is 0 Å². The molecule has 2 aromatic rings. The van der Waals surface area contributed by atoms with E-state index in [0.717, 1.165) is 37.6 Å². The van der Waals surface area contributed by atoms with Crippen LogP contribution in [0.4, 0.5) is 0 Å². The molecule has 0 aromatic carbocycles. The lowest BCUT2D eigenvalue weighted by atomic mass is 10.1. The van der Waals surface area contributed by atoms with Crippen molar-refractivity contribution in [2.75, 3.05) is 13.2 Å². The van der Waals surface area contributed by atoms with Gasteiger partial charge in [0.1, 0.15) is 24.7 Å². The van der Waals surface area contributed by atoms with Crippen molar-refractivity contribution in [1.29, 1.82) is 0 Å². The topological polar surface area (TPSA) is 44.7 Å². The molecule has 0 N–H and O–H groups in total. The first kappa shape index (κ1) is 20.8. The zero-order chi connectivity index (χ0) is 18.1. The fourth-order valence-corrected chi connectivity index (χ4v) is 2.96. The van der Waals surface area contributed by atoms with E-state index in [1.807, 2.05) is 24.3 Å². The minimum Gasteiger partial charge on any atom is -0.467 e. The van der Waals surface area contributed by atoms with Gasteiger partial charge in [0.25, 0.3) is 0 Å². The summed E-state index contributed by atoms with van der Waals surface area (Å²) in [6, 6.07) is 7.70. The predicted molar refractivity (Wildman–Crippen MR) is 103 cm³/mol. The van der Waals surface area contributed by atoms with Gasteiger partial charge >= 0.3 is 0 Å². The Bertz CT molecular complexity index is 456. The normalized spacial score (nSPS) is 11.2. The molecule has 2 rings (SSSR count). The van der Waals surface area contributed by atoms with Crippen molar-refractivity contribution in [2.45, 2.75) is 77.4 Å². The molecule has 0 bridgehead atoms. The summed E-state index contributed by atoms with van der Waals surface area (Å²) in [6.45, 7) is 2.87. The average molecular weight is 363 g/mol. The van der Waals surface area contributed by atoms with E-state index in [2.05, 4.69) is 0 Å². The summed E-state index contributed by atoms with van der Waals surface area (Å²) in [7, 11) is 0. The van der Waals surface area contributed by atoms with Gasteiger partial charge in [0.05, 0.1) is 12.5 Å². The van der Waals surface area contributed by atoms with E-state index >= 15 is 0 Å². The third-order valence-corrected chi connectivity index (χ3v) is 4.48. The second-order valence-corrected chi connectivity index (χ2v) is 6.80. The van der Waals surface area contributed by atoms with Crippen LogP contribution in [0.5, 0.6) is 0 Å². The molecule has 0 atom stereocenters. The molecule has 146 valence electrons. The van der Waals surface area contributed by atoms with E-state index in [1.165, 1.54) is 51.4 Å². The molecule has 0 saturated carbocycles. The lowest BCUT2D eigenvalue weighted by Gasteiger charge is -2.04. The fraction of sp³-hybridized carbons (Fsp3) is 0.636. The lowest BCUT2D eigenvalue weighted by molar-refractivity contribution is 0.102. The summed E-state index contributed by atoms with van der Waals surface area (Å²) in [4.78, 5) is 0. The highest BCUT2D eigenvalue weighted by atomic mass is 16.5. The molecule has 0 aliphatic carbocycles. The van der Waals surface area contributed by atoms with Gasteiger partial charge in [-0.1, -0.05) is 51.4 Å². The van der Waals surface area contributed by atoms with Gasteiger partial charge in [0.15, 0.2) is 0 Å². The highest BCUT2D eigenvalue weighted by Gasteiger charge is 1.97. The van der Waals surface area contributed by atoms with Crippen LogP contribution in [0.25, 0.3) is 0 Å². The Kier molecular flexibility index (Phi) is 11.7. The molecular formula is C22H34O4. The molecular weight excluding hydrogens is 328 g/mol. The van der Waals surface area contributed by atoms with Crippen molar-refractivity contribution in [3.8, 4) is 0 Å². The second kappa shape index (κ2) is 14.6. The Balaban J connectivity index is 1.22. The van der Waals surface area contributed by atoms with E-state index < -0.39 is 0 Å². The number of furan rings is 2. The number of hydrogen-bond acceptors (Lipinski definition) is 4. The standard InChI is InChI=1S/C22H34O4/c1(3-5-7-9-15-23-19-21-13-11-17-25-21)2-4-6-8-10-16-24-20-22-14-12-18-26-22/h11-14,17-18H,1-10,15-16,19-20H2. The molecule has 0 spiro atoms. The monoisotopic (exact) mass is 362 g/mol. The minimum atomic E-state index is 0.598. The minimum absolute atomic E-state index is 0.598. The van der Waals surface area contributed by atoms with Crippen molar-refractivity contribution in [1.82, 2.24) is 0 Å². The zero-order valence-electron chi connectivity index (χ0n) is 16.0. The number of rotatable bonds is 17. The molecule has 0 saturated heterocycles. The number of hydrogen-bond donors (Lipinski definition) is 0. The van der Waals surface area contributed by atoms with Gasteiger partial charge in [-0.05, 0) is 37.1 Å². The summed E-state index contributed by atoms with van der Waals surface area (Å²) in [5, 5.41) is 0. The van der Waals surface area contributed by atoms with Gasteiger partial charge < -0.3 is 18.3 Å². The first-order valence-corrected chi connectivity index (χ1v) is 10.2. The van der Waals surface area contributed by atoms with Crippen molar-refractivity contribution < 1.29 is 18.3 Å². The maximum absolute atomic E-state index is 5.59. The summed E-state index contributed by atoms with van der Waals surface area (Å²) in [5.74, 6) is 1.82. The quantitative estimate of drug-likeness (QED) is 0.301. The molecule has 2 heterocycles. The highest BCUT2D eigenvalue weighted by Crippen LogP contribution is 2.11. The molecule has 0 amide bonds. The molecule has 0 aliphatic heterocycles. The highest BCUT2D eigenvalue weighted by molar-refractivity contribution is 4.96. The van der Waals surface area contributed by atoms with Crippen LogP contribution in [0.15, 0.2) is 45.6 Å². The first-order chi connectivity index (χ1) is 12.9. The van der Waals surface area contributed by atoms with E-state index in [0.29, 0.717) is 13.2 Å². The van der Waals surface area contributed by atoms with Crippen LogP contribution in [-0.4, -0.2) is 13.2 Å². The van der Waals surface area contributed by atoms with E-state index in [9.17, 15) is 0 Å². The third kappa shape index (κ3) is 10.5. The SMILES string of the molecule is c1coc(COCCCCCCCCCCCCOCc2ccco2)c1. The second-order valence-electron chi connectivity index (χ2n) is 6.80. The van der Waals surface area contributed by atoms with Crippen molar-refractivity contribution in [3.63, 3.8) is 0 Å². The van der Waals surface area contributed by atoms with E-state index in [1.54, 1.807) is 12.5 Å². The van der Waals surface area contributed by atoms with Crippen LogP contribution in [0, 0.1) is 0 Å². The number of ether oxygens (including phenoxy) is 2. The van der Waals surface area contributed by atoms with Gasteiger partial charge in [0.2, 0.25) is 0 Å². The molecule has 0 aliphatic rings. The molecule has 2 aromatic heterocycles. The Hall–Kier alpha value is -1.52. The van der Waals surface area contributed by atoms with Gasteiger partial charge in [-0.15, -0.1) is 0 Å². The summed E-state index contributed by atoms with van der Waals surface area (Å²) < 4.78 is 21.6. The van der Waals surface area contributed by atoms with Crippen LogP contribution >= 0.6 is 0 Å². The first-order valence-electron chi connectivity index (χ1n) is 10.2. The molecule has 4 nitrogen and oxygen atoms in total. The molecule has 0 radical (unpaired) electrons. The Morgan fingerprint density at radius 2 is 0.923 bits per heavy atom. The largest absolute Gasteiger partial charge is 0.467 e. The zero-order valence-corrected chi connectivity index (χ0v) is 16.0. The third-order valence-electron chi connectivity index (χ3n) is 4.48. The van der Waals surface area contributed by atoms with Gasteiger partial charge in [-0.2, -0.15) is 0 Å². The van der Waals surface area contributed by atoms with E-state index in [4.69, 9.17) is 18.3 Å². The molecule has 0 fully saturated rings. The molecule has 4 heteroatoms. The predicted octanol–water partition coefficient (Wildman–Crippen LogP) is 6.51. The van der Waals surface area contributed by atoms with Gasteiger partial charge in [-0.25, -0.2) is 0 Å².